The molecule has 4 aliphatic rings. The summed E-state index contributed by atoms with van der Waals surface area (Å²) in [6.07, 6.45) is 9.66. The molecule has 0 bridgehead atoms. The molecule has 9 atom stereocenters. The molecule has 0 aliphatic heterocycles. The molecule has 35 heavy (non-hydrogen) atoms. The standard InChI is InChI=1S/C30H48N2O3/c1-18(2)10-9-13-30(8,34)19-11-14-29(7)24(19)21(33)16-23-27(5)17-20-25(32-35-31-20)26(3,4)22(27)12-15-28(23,29)6/h10,19,21-24,33-34H,9,11-17H2,1-8H3/t19-,21+,22-,23+,24-,27-,28+,29+,30-/m0/s1. The molecule has 0 spiro atoms. The van der Waals surface area contributed by atoms with Crippen LogP contribution in [0.3, 0.4) is 0 Å². The maximum Gasteiger partial charge on any atom is 0.114 e. The highest BCUT2D eigenvalue weighted by Gasteiger charge is 2.71. The zero-order valence-corrected chi connectivity index (χ0v) is 23.3. The predicted molar refractivity (Wildman–Crippen MR) is 138 cm³/mol. The Morgan fingerprint density at radius 3 is 2.43 bits per heavy atom. The fourth-order valence-corrected chi connectivity index (χ4v) is 10.4. The summed E-state index contributed by atoms with van der Waals surface area (Å²) in [7, 11) is 0. The van der Waals surface area contributed by atoms with Crippen molar-refractivity contribution in [1.82, 2.24) is 10.3 Å². The van der Waals surface area contributed by atoms with Crippen LogP contribution in [0.4, 0.5) is 0 Å². The van der Waals surface area contributed by atoms with Gasteiger partial charge in [0.2, 0.25) is 0 Å². The summed E-state index contributed by atoms with van der Waals surface area (Å²) in [6, 6.07) is 0. The number of nitrogens with zero attached hydrogens (tertiary/aromatic N) is 2. The van der Waals surface area contributed by atoms with E-state index in [2.05, 4.69) is 64.9 Å². The van der Waals surface area contributed by atoms with E-state index >= 15 is 0 Å². The molecule has 0 saturated heterocycles. The molecule has 3 fully saturated rings. The number of rotatable bonds is 4. The van der Waals surface area contributed by atoms with Crippen LogP contribution in [-0.4, -0.2) is 32.2 Å². The van der Waals surface area contributed by atoms with Gasteiger partial charge in [0.25, 0.3) is 0 Å². The smallest absolute Gasteiger partial charge is 0.114 e. The highest BCUT2D eigenvalue weighted by Crippen LogP contribution is 2.75. The SMILES string of the molecule is CC(C)=CCC[C@](C)(O)[C@H]1CC[C@]2(C)[C@@H]1[C@H](O)C[C@@H]1[C@@]3(C)Cc4nonc4C(C)(C)[C@@H]3CC[C@]12C. The van der Waals surface area contributed by atoms with Gasteiger partial charge in [-0.2, -0.15) is 0 Å². The summed E-state index contributed by atoms with van der Waals surface area (Å²) < 4.78 is 5.24. The molecule has 0 aromatic carbocycles. The molecule has 1 aromatic rings. The van der Waals surface area contributed by atoms with Gasteiger partial charge >= 0.3 is 0 Å². The first-order valence-corrected chi connectivity index (χ1v) is 14.0. The molecule has 5 heteroatoms. The molecule has 1 aromatic heterocycles. The number of hydrogen-bond donors (Lipinski definition) is 2. The van der Waals surface area contributed by atoms with Gasteiger partial charge in [0.1, 0.15) is 11.4 Å². The van der Waals surface area contributed by atoms with Crippen LogP contribution in [0.2, 0.25) is 0 Å². The quantitative estimate of drug-likeness (QED) is 0.495. The molecule has 4 aliphatic carbocycles. The van der Waals surface area contributed by atoms with Gasteiger partial charge in [0, 0.05) is 11.8 Å². The number of allylic oxidation sites excluding steroid dienone is 2. The van der Waals surface area contributed by atoms with E-state index in [0.29, 0.717) is 11.8 Å². The summed E-state index contributed by atoms with van der Waals surface area (Å²) in [5, 5.41) is 32.3. The molecule has 5 rings (SSSR count). The van der Waals surface area contributed by atoms with E-state index in [-0.39, 0.29) is 39.6 Å². The second-order valence-corrected chi connectivity index (χ2v) is 14.6. The van der Waals surface area contributed by atoms with Crippen molar-refractivity contribution in [1.29, 1.82) is 0 Å². The largest absolute Gasteiger partial charge is 0.393 e. The molecule has 0 unspecified atom stereocenters. The van der Waals surface area contributed by atoms with E-state index in [4.69, 9.17) is 4.63 Å². The summed E-state index contributed by atoms with van der Waals surface area (Å²) in [6.45, 7) is 18.4. The normalized spacial score (nSPS) is 45.5. The van der Waals surface area contributed by atoms with E-state index in [9.17, 15) is 10.2 Å². The summed E-state index contributed by atoms with van der Waals surface area (Å²) in [5.41, 5.74) is 2.70. The zero-order chi connectivity index (χ0) is 25.6. The molecular weight excluding hydrogens is 436 g/mol. The molecule has 3 saturated carbocycles. The van der Waals surface area contributed by atoms with E-state index in [1.165, 1.54) is 18.4 Å². The third kappa shape index (κ3) is 3.39. The summed E-state index contributed by atoms with van der Waals surface area (Å²) in [5.74, 6) is 1.18. The Kier molecular flexibility index (Phi) is 5.74. The van der Waals surface area contributed by atoms with Gasteiger partial charge in [-0.25, -0.2) is 4.63 Å². The van der Waals surface area contributed by atoms with Crippen LogP contribution >= 0.6 is 0 Å². The fourth-order valence-electron chi connectivity index (χ4n) is 10.4. The third-order valence-corrected chi connectivity index (χ3v) is 12.2. The summed E-state index contributed by atoms with van der Waals surface area (Å²) >= 11 is 0. The van der Waals surface area contributed by atoms with Crippen molar-refractivity contribution in [2.24, 2.45) is 39.9 Å². The monoisotopic (exact) mass is 484 g/mol. The minimum Gasteiger partial charge on any atom is -0.393 e. The van der Waals surface area contributed by atoms with Gasteiger partial charge < -0.3 is 10.2 Å². The average molecular weight is 485 g/mol. The van der Waals surface area contributed by atoms with Crippen LogP contribution < -0.4 is 0 Å². The van der Waals surface area contributed by atoms with Crippen molar-refractivity contribution < 1.29 is 14.8 Å². The van der Waals surface area contributed by atoms with Crippen molar-refractivity contribution in [3.8, 4) is 0 Å². The lowest BCUT2D eigenvalue weighted by molar-refractivity contribution is -0.223. The van der Waals surface area contributed by atoms with E-state index in [0.717, 1.165) is 49.9 Å². The predicted octanol–water partition coefficient (Wildman–Crippen LogP) is 6.24. The Bertz CT molecular complexity index is 1010. The van der Waals surface area contributed by atoms with Gasteiger partial charge in [-0.15, -0.1) is 0 Å². The van der Waals surface area contributed by atoms with E-state index in [1.54, 1.807) is 0 Å². The number of aromatic nitrogens is 2. The maximum absolute atomic E-state index is 11.9. The van der Waals surface area contributed by atoms with E-state index < -0.39 is 5.60 Å². The average Bonchev–Trinajstić information content (AvgIpc) is 3.35. The molecule has 2 N–H and O–H groups in total. The molecule has 196 valence electrons. The minimum atomic E-state index is -0.756. The van der Waals surface area contributed by atoms with Gasteiger partial charge in [-0.3, -0.25) is 0 Å². The zero-order valence-electron chi connectivity index (χ0n) is 23.3. The van der Waals surface area contributed by atoms with Crippen LogP contribution in [0.25, 0.3) is 0 Å². The van der Waals surface area contributed by atoms with Crippen molar-refractivity contribution in [3.63, 3.8) is 0 Å². The lowest BCUT2D eigenvalue weighted by Gasteiger charge is -2.69. The second-order valence-electron chi connectivity index (χ2n) is 14.6. The Morgan fingerprint density at radius 2 is 1.74 bits per heavy atom. The molecular formula is C30H48N2O3. The van der Waals surface area contributed by atoms with Crippen LogP contribution in [0.15, 0.2) is 16.3 Å². The Labute approximate surface area is 212 Å². The maximum atomic E-state index is 11.9. The Hall–Kier alpha value is -1.20. The van der Waals surface area contributed by atoms with Gasteiger partial charge in [-0.1, -0.05) is 56.6 Å². The van der Waals surface area contributed by atoms with Crippen molar-refractivity contribution in [3.05, 3.63) is 23.0 Å². The number of aliphatic hydroxyl groups excluding tert-OH is 1. The number of fused-ring (bicyclic) bond motifs is 6. The van der Waals surface area contributed by atoms with Crippen LogP contribution in [0.5, 0.6) is 0 Å². The van der Waals surface area contributed by atoms with Crippen LogP contribution in [-0.2, 0) is 11.8 Å². The van der Waals surface area contributed by atoms with Crippen molar-refractivity contribution in [2.75, 3.05) is 0 Å². The molecule has 1 heterocycles. The lowest BCUT2D eigenvalue weighted by atomic mass is 9.35. The van der Waals surface area contributed by atoms with Crippen LogP contribution in [0, 0.1) is 39.9 Å². The minimum absolute atomic E-state index is 0.0149. The lowest BCUT2D eigenvalue weighted by Crippen LogP contribution is -2.66. The highest BCUT2D eigenvalue weighted by atomic mass is 16.6. The van der Waals surface area contributed by atoms with Crippen molar-refractivity contribution >= 4 is 0 Å². The van der Waals surface area contributed by atoms with Gasteiger partial charge in [0.15, 0.2) is 0 Å². The van der Waals surface area contributed by atoms with Crippen molar-refractivity contribution in [2.45, 2.75) is 124 Å². The van der Waals surface area contributed by atoms with Gasteiger partial charge in [0.05, 0.1) is 11.7 Å². The molecule has 5 nitrogen and oxygen atoms in total. The van der Waals surface area contributed by atoms with Crippen LogP contribution in [0.1, 0.15) is 112 Å². The second kappa shape index (κ2) is 7.90. The summed E-state index contributed by atoms with van der Waals surface area (Å²) in [4.78, 5) is 0. The Morgan fingerprint density at radius 1 is 1.06 bits per heavy atom. The first kappa shape index (κ1) is 25.4. The first-order valence-electron chi connectivity index (χ1n) is 14.0. The van der Waals surface area contributed by atoms with E-state index in [1.807, 2.05) is 6.92 Å². The number of aliphatic hydroxyl groups is 2. The number of hydrogen-bond acceptors (Lipinski definition) is 5. The topological polar surface area (TPSA) is 79.4 Å². The fraction of sp³-hybridized carbons (Fsp3) is 0.867. The van der Waals surface area contributed by atoms with Gasteiger partial charge in [-0.05, 0) is 106 Å². The Balaban J connectivity index is 1.50. The highest BCUT2D eigenvalue weighted by molar-refractivity contribution is 5.31. The molecule has 0 radical (unpaired) electrons. The molecule has 0 amide bonds. The first-order chi connectivity index (χ1) is 16.2. The third-order valence-electron chi connectivity index (χ3n) is 12.2.